The van der Waals surface area contributed by atoms with Crippen molar-refractivity contribution in [3.8, 4) is 0 Å². The molecule has 9 nitrogen and oxygen atoms in total. The average Bonchev–Trinajstić information content (AvgIpc) is 2.88. The van der Waals surface area contributed by atoms with E-state index in [-0.39, 0.29) is 29.5 Å². The number of carbonyl (C=O) groups is 2. The second-order valence-corrected chi connectivity index (χ2v) is 9.44. The van der Waals surface area contributed by atoms with E-state index >= 15 is 0 Å². The molecule has 0 heterocycles. The van der Waals surface area contributed by atoms with Gasteiger partial charge in [-0.05, 0) is 93.4 Å². The van der Waals surface area contributed by atoms with Gasteiger partial charge < -0.3 is 21.6 Å². The second kappa shape index (κ2) is 18.2. The molecule has 1 aromatic rings. The molecule has 0 spiro atoms. The number of carbonyl (C=O) groups excluding carboxylic acids is 2. The molecule has 0 radical (unpaired) electrons. The molecule has 38 heavy (non-hydrogen) atoms. The van der Waals surface area contributed by atoms with Gasteiger partial charge in [-0.1, -0.05) is 23.7 Å². The number of nitrogens with one attached hydrogen (secondary N) is 1. The van der Waals surface area contributed by atoms with Gasteiger partial charge in [0.15, 0.2) is 6.10 Å². The van der Waals surface area contributed by atoms with Crippen molar-refractivity contribution in [2.45, 2.75) is 83.5 Å². The summed E-state index contributed by atoms with van der Waals surface area (Å²) in [5.41, 5.74) is 11.8. The third kappa shape index (κ3) is 12.5. The number of halogens is 3. The highest BCUT2D eigenvalue weighted by Gasteiger charge is 2.30. The Hall–Kier alpha value is -3.05. The van der Waals surface area contributed by atoms with Gasteiger partial charge in [-0.15, -0.1) is 5.16 Å². The van der Waals surface area contributed by atoms with Crippen molar-refractivity contribution >= 4 is 36.5 Å². The highest BCUT2D eigenvalue weighted by atomic mass is 35.5. The zero-order chi connectivity index (χ0) is 28.5. The number of amides is 2. The molecule has 1 aromatic carbocycles. The molecule has 1 fully saturated rings. The number of primary amides is 1. The summed E-state index contributed by atoms with van der Waals surface area (Å²) >= 11 is 5.87. The lowest BCUT2D eigenvalue weighted by atomic mass is 9.81. The van der Waals surface area contributed by atoms with E-state index in [2.05, 4.69) is 32.9 Å². The molecule has 2 rings (SSSR count). The van der Waals surface area contributed by atoms with Crippen molar-refractivity contribution in [1.29, 1.82) is 0 Å². The maximum Gasteiger partial charge on any atom is 0.252 e. The number of benzene rings is 1. The molecule has 0 aliphatic heterocycles. The molecule has 1 saturated carbocycles. The summed E-state index contributed by atoms with van der Waals surface area (Å²) in [5, 5.41) is 6.60. The van der Waals surface area contributed by atoms with Crippen LogP contribution in [0.15, 0.2) is 40.1 Å². The van der Waals surface area contributed by atoms with Crippen molar-refractivity contribution in [3.05, 3.63) is 46.4 Å². The molecule has 1 aliphatic rings. The van der Waals surface area contributed by atoms with E-state index in [1.807, 2.05) is 6.08 Å². The van der Waals surface area contributed by atoms with Crippen LogP contribution >= 0.6 is 11.6 Å². The van der Waals surface area contributed by atoms with Crippen molar-refractivity contribution in [1.82, 2.24) is 5.32 Å². The van der Waals surface area contributed by atoms with Gasteiger partial charge in [-0.3, -0.25) is 9.59 Å². The minimum atomic E-state index is -1.12. The summed E-state index contributed by atoms with van der Waals surface area (Å²) in [5.74, 6) is -0.182. The molecule has 2 atom stereocenters. The van der Waals surface area contributed by atoms with E-state index in [0.717, 1.165) is 36.9 Å². The van der Waals surface area contributed by atoms with Crippen LogP contribution in [0.5, 0.6) is 0 Å². The van der Waals surface area contributed by atoms with E-state index in [1.54, 1.807) is 19.1 Å². The van der Waals surface area contributed by atoms with Crippen LogP contribution in [0, 0.1) is 11.7 Å². The molecule has 5 N–H and O–H groups in total. The van der Waals surface area contributed by atoms with Crippen LogP contribution in [0.25, 0.3) is 0 Å². The van der Waals surface area contributed by atoms with Gasteiger partial charge in [-0.2, -0.15) is 4.94 Å². The smallest absolute Gasteiger partial charge is 0.252 e. The quantitative estimate of drug-likeness (QED) is 0.141. The van der Waals surface area contributed by atoms with Gasteiger partial charge in [-0.25, -0.2) is 9.38 Å². The second-order valence-electron chi connectivity index (χ2n) is 9.04. The van der Waals surface area contributed by atoms with E-state index in [9.17, 15) is 13.7 Å². The number of aryl methyl sites for hydroxylation is 1. The van der Waals surface area contributed by atoms with E-state index in [0.29, 0.717) is 31.5 Å². The molecule has 1 aliphatic carbocycles. The lowest BCUT2D eigenvalue weighted by molar-refractivity contribution is -0.183. The van der Waals surface area contributed by atoms with Gasteiger partial charge >= 0.3 is 0 Å². The summed E-state index contributed by atoms with van der Waals surface area (Å²) in [4.78, 5) is 34.1. The number of nitrogens with two attached hydrogens (primary N) is 2. The summed E-state index contributed by atoms with van der Waals surface area (Å²) < 4.78 is 25.6. The predicted octanol–water partition coefficient (Wildman–Crippen LogP) is 4.52. The zero-order valence-corrected chi connectivity index (χ0v) is 22.6. The number of nitrogens with zero attached hydrogens (tertiary/aromatic N) is 2. The molecule has 0 aromatic heterocycles. The Morgan fingerprint density at radius 2 is 2.00 bits per heavy atom. The van der Waals surface area contributed by atoms with Crippen LogP contribution in [-0.4, -0.2) is 43.1 Å². The minimum Gasteiger partial charge on any atom is -0.393 e. The molecule has 2 unspecified atom stereocenters. The van der Waals surface area contributed by atoms with Crippen LogP contribution < -0.4 is 16.8 Å². The zero-order valence-electron chi connectivity index (χ0n) is 21.9. The Bertz CT molecular complexity index is 952. The molecule has 12 heteroatoms. The van der Waals surface area contributed by atoms with Gasteiger partial charge in [0.25, 0.3) is 5.91 Å². The molecule has 0 saturated heterocycles. The van der Waals surface area contributed by atoms with Crippen LogP contribution in [-0.2, 0) is 25.8 Å². The first-order valence-electron chi connectivity index (χ1n) is 12.4. The number of oxime groups is 1. The molecular weight excluding hydrogens is 520 g/mol. The molecule has 0 bridgehead atoms. The summed E-state index contributed by atoms with van der Waals surface area (Å²) in [7, 11) is 0. The lowest BCUT2D eigenvalue weighted by Gasteiger charge is -2.33. The first kappa shape index (κ1) is 33.0. The van der Waals surface area contributed by atoms with Gasteiger partial charge in [0, 0.05) is 18.5 Å². The normalized spacial score (nSPS) is 19.4. The maximum absolute atomic E-state index is 13.4. The van der Waals surface area contributed by atoms with Crippen LogP contribution in [0.3, 0.4) is 0 Å². The fourth-order valence-electron chi connectivity index (χ4n) is 4.29. The van der Waals surface area contributed by atoms with Crippen molar-refractivity contribution in [2.24, 2.45) is 27.5 Å². The Morgan fingerprint density at radius 3 is 2.55 bits per heavy atom. The van der Waals surface area contributed by atoms with E-state index in [1.165, 1.54) is 13.0 Å². The average molecular weight is 558 g/mol. The van der Waals surface area contributed by atoms with Gasteiger partial charge in [0.05, 0.1) is 10.9 Å². The molecule has 212 valence electrons. The number of rotatable bonds is 13. The number of allylic oxidation sites excluding steroid dienone is 2. The third-order valence-corrected chi connectivity index (χ3v) is 6.45. The minimum absolute atomic E-state index is 0.0198. The van der Waals surface area contributed by atoms with Crippen molar-refractivity contribution in [2.75, 3.05) is 0 Å². The van der Waals surface area contributed by atoms with Gasteiger partial charge in [0.1, 0.15) is 11.9 Å². The Balaban J connectivity index is 0.00000229. The SMILES string of the molecule is C=NOC(CC/C(=C/CCc1ccc(F)c(Cl)c1)N=C(C)N)C1CCC(NC(=O)C(C)OF)CC1.NC=O. The third-order valence-electron chi connectivity index (χ3n) is 6.16. The summed E-state index contributed by atoms with van der Waals surface area (Å²) in [6.45, 7) is 6.57. The molecular formula is C26H38ClF2N5O4. The largest absolute Gasteiger partial charge is 0.393 e. The Kier molecular flexibility index (Phi) is 15.8. The van der Waals surface area contributed by atoms with E-state index in [4.69, 9.17) is 27.0 Å². The first-order valence-corrected chi connectivity index (χ1v) is 12.8. The Labute approximate surface area is 227 Å². The topological polar surface area (TPSA) is 141 Å². The summed E-state index contributed by atoms with van der Waals surface area (Å²) in [6.07, 6.45) is 6.90. The van der Waals surface area contributed by atoms with Crippen LogP contribution in [0.1, 0.15) is 64.4 Å². The van der Waals surface area contributed by atoms with Gasteiger partial charge in [0.2, 0.25) is 6.41 Å². The number of hydrogen-bond acceptors (Lipinski definition) is 6. The number of hydrogen-bond donors (Lipinski definition) is 3. The Morgan fingerprint density at radius 1 is 1.34 bits per heavy atom. The van der Waals surface area contributed by atoms with Crippen molar-refractivity contribution in [3.63, 3.8) is 0 Å². The van der Waals surface area contributed by atoms with E-state index < -0.39 is 17.8 Å². The fourth-order valence-corrected chi connectivity index (χ4v) is 4.49. The standard InChI is InChI=1S/C25H35ClF2N4O3.CH3NO/c1-16(34-28)25(33)32-21-10-8-19(9-11-21)24(35-30-3)14-12-20(31-17(2)29)6-4-5-18-7-13-23(27)22(26)15-18;2-1-3/h6-7,13,15-16,19,21,24H,3-5,8-12,14H2,1-2H3,(H2,29,31)(H,32,33);1H,(H2,2,3)/b20-6-;. The maximum atomic E-state index is 13.4. The lowest BCUT2D eigenvalue weighted by Crippen LogP contribution is -2.43. The highest BCUT2D eigenvalue weighted by Crippen LogP contribution is 2.31. The van der Waals surface area contributed by atoms with Crippen molar-refractivity contribution < 1.29 is 28.3 Å². The molecule has 2 amide bonds. The monoisotopic (exact) mass is 557 g/mol. The number of amidine groups is 1. The number of aliphatic imine (C=N–C) groups is 1. The summed E-state index contributed by atoms with van der Waals surface area (Å²) in [6, 6.07) is 4.69. The fraction of sp³-hybridized carbons (Fsp3) is 0.538. The van der Waals surface area contributed by atoms with Crippen LogP contribution in [0.2, 0.25) is 5.02 Å². The van der Waals surface area contributed by atoms with Crippen LogP contribution in [0.4, 0.5) is 8.92 Å². The first-order chi connectivity index (χ1) is 18.1. The highest BCUT2D eigenvalue weighted by molar-refractivity contribution is 6.30. The predicted molar refractivity (Wildman–Crippen MR) is 145 cm³/mol.